The zero-order valence-electron chi connectivity index (χ0n) is 8.44. The summed E-state index contributed by atoms with van der Waals surface area (Å²) in [6.07, 6.45) is 0. The third-order valence-corrected chi connectivity index (χ3v) is 2.38. The predicted octanol–water partition coefficient (Wildman–Crippen LogP) is 1.58. The van der Waals surface area contributed by atoms with Gasteiger partial charge >= 0.3 is 5.97 Å². The van der Waals surface area contributed by atoms with Gasteiger partial charge in [0.25, 0.3) is 5.78 Å². The maximum absolute atomic E-state index is 11.4. The number of rotatable bonds is 3. The number of esters is 1. The molecule has 1 aromatic carbocycles. The van der Waals surface area contributed by atoms with Crippen LogP contribution in [-0.2, 0) is 14.3 Å². The van der Waals surface area contributed by atoms with Crippen molar-refractivity contribution in [1.82, 2.24) is 0 Å². The molecule has 0 saturated heterocycles. The quantitative estimate of drug-likeness (QED) is 0.455. The van der Waals surface area contributed by atoms with Gasteiger partial charge in [-0.3, -0.25) is 4.79 Å². The standard InChI is InChI=1S/C11H8ClNO3/c1-16-11(15)10(14)9(12)8-4-2-3-7(5-8)6-13/h2-5,9H,1H3. The monoisotopic (exact) mass is 237 g/mol. The third kappa shape index (κ3) is 2.59. The fraction of sp³-hybridized carbons (Fsp3) is 0.182. The van der Waals surface area contributed by atoms with Crippen LogP contribution in [0.1, 0.15) is 16.5 Å². The topological polar surface area (TPSA) is 67.2 Å². The smallest absolute Gasteiger partial charge is 0.376 e. The van der Waals surface area contributed by atoms with Crippen LogP contribution in [0.5, 0.6) is 0 Å². The highest BCUT2D eigenvalue weighted by atomic mass is 35.5. The summed E-state index contributed by atoms with van der Waals surface area (Å²) in [6.45, 7) is 0. The van der Waals surface area contributed by atoms with E-state index in [9.17, 15) is 9.59 Å². The summed E-state index contributed by atoms with van der Waals surface area (Å²) in [4.78, 5) is 22.3. The van der Waals surface area contributed by atoms with E-state index >= 15 is 0 Å². The van der Waals surface area contributed by atoms with Crippen LogP contribution < -0.4 is 0 Å². The molecule has 0 heterocycles. The molecule has 0 N–H and O–H groups in total. The lowest BCUT2D eigenvalue weighted by Crippen LogP contribution is -2.20. The summed E-state index contributed by atoms with van der Waals surface area (Å²) in [7, 11) is 1.11. The first-order valence-electron chi connectivity index (χ1n) is 4.36. The van der Waals surface area contributed by atoms with Gasteiger partial charge in [-0.1, -0.05) is 12.1 Å². The first-order chi connectivity index (χ1) is 7.60. The minimum Gasteiger partial charge on any atom is -0.463 e. The van der Waals surface area contributed by atoms with Crippen LogP contribution in [0.15, 0.2) is 24.3 Å². The van der Waals surface area contributed by atoms with Crippen molar-refractivity contribution in [2.75, 3.05) is 7.11 Å². The number of hydrogen-bond acceptors (Lipinski definition) is 4. The molecule has 82 valence electrons. The van der Waals surface area contributed by atoms with Gasteiger partial charge in [-0.2, -0.15) is 5.26 Å². The molecule has 0 saturated carbocycles. The Labute approximate surface area is 97.4 Å². The van der Waals surface area contributed by atoms with Gasteiger partial charge in [-0.05, 0) is 17.7 Å². The lowest BCUT2D eigenvalue weighted by molar-refractivity contribution is -0.151. The van der Waals surface area contributed by atoms with Gasteiger partial charge in [0.15, 0.2) is 0 Å². The highest BCUT2D eigenvalue weighted by molar-refractivity contribution is 6.47. The number of nitriles is 1. The van der Waals surface area contributed by atoms with Crippen molar-refractivity contribution in [2.24, 2.45) is 0 Å². The Balaban J connectivity index is 2.97. The molecule has 0 aliphatic rings. The first-order valence-corrected chi connectivity index (χ1v) is 4.80. The van der Waals surface area contributed by atoms with Crippen LogP contribution in [0.3, 0.4) is 0 Å². The molecule has 0 fully saturated rings. The Morgan fingerprint density at radius 1 is 1.50 bits per heavy atom. The predicted molar refractivity (Wildman–Crippen MR) is 56.8 cm³/mol. The lowest BCUT2D eigenvalue weighted by atomic mass is 10.1. The van der Waals surface area contributed by atoms with Crippen molar-refractivity contribution >= 4 is 23.4 Å². The van der Waals surface area contributed by atoms with Gasteiger partial charge in [0.2, 0.25) is 0 Å². The number of ketones is 1. The molecule has 1 rings (SSSR count). The molecule has 0 aliphatic carbocycles. The van der Waals surface area contributed by atoms with Crippen LogP contribution in [0, 0.1) is 11.3 Å². The molecule has 16 heavy (non-hydrogen) atoms. The van der Waals surface area contributed by atoms with Crippen molar-refractivity contribution in [2.45, 2.75) is 5.38 Å². The largest absolute Gasteiger partial charge is 0.463 e. The molecule has 0 aliphatic heterocycles. The van der Waals surface area contributed by atoms with Crippen LogP contribution in [0.2, 0.25) is 0 Å². The van der Waals surface area contributed by atoms with Gasteiger partial charge in [0, 0.05) is 0 Å². The van der Waals surface area contributed by atoms with E-state index in [-0.39, 0.29) is 0 Å². The Bertz CT molecular complexity index is 465. The average Bonchev–Trinajstić information content (AvgIpc) is 2.36. The normalized spacial score (nSPS) is 11.3. The second kappa shape index (κ2) is 5.29. The second-order valence-electron chi connectivity index (χ2n) is 2.96. The molecule has 5 heteroatoms. The van der Waals surface area contributed by atoms with Crippen LogP contribution in [0.4, 0.5) is 0 Å². The van der Waals surface area contributed by atoms with E-state index in [0.29, 0.717) is 11.1 Å². The Kier molecular flexibility index (Phi) is 4.03. The Morgan fingerprint density at radius 3 is 2.75 bits per heavy atom. The van der Waals surface area contributed by atoms with Crippen molar-refractivity contribution in [1.29, 1.82) is 5.26 Å². The minimum atomic E-state index is -1.12. The molecular weight excluding hydrogens is 230 g/mol. The van der Waals surface area contributed by atoms with Crippen LogP contribution in [-0.4, -0.2) is 18.9 Å². The van der Waals surface area contributed by atoms with Crippen LogP contribution >= 0.6 is 11.6 Å². The molecule has 1 atom stereocenters. The average molecular weight is 238 g/mol. The summed E-state index contributed by atoms with van der Waals surface area (Å²) in [6, 6.07) is 8.11. The number of Topliss-reactive ketones (excluding diaryl/α,β-unsaturated/α-hetero) is 1. The molecule has 0 bridgehead atoms. The highest BCUT2D eigenvalue weighted by Crippen LogP contribution is 2.22. The van der Waals surface area contributed by atoms with E-state index in [2.05, 4.69) is 4.74 Å². The molecule has 0 spiro atoms. The van der Waals surface area contributed by atoms with E-state index in [0.717, 1.165) is 7.11 Å². The number of nitrogens with zero attached hydrogens (tertiary/aromatic N) is 1. The molecule has 0 radical (unpaired) electrons. The zero-order valence-corrected chi connectivity index (χ0v) is 9.19. The number of carbonyl (C=O) groups excluding carboxylic acids is 2. The maximum atomic E-state index is 11.4. The summed E-state index contributed by atoms with van der Waals surface area (Å²) < 4.78 is 4.27. The lowest BCUT2D eigenvalue weighted by Gasteiger charge is -2.07. The summed E-state index contributed by atoms with van der Waals surface area (Å²) in [5, 5.41) is 7.54. The number of ether oxygens (including phenoxy) is 1. The molecular formula is C11H8ClNO3. The van der Waals surface area contributed by atoms with E-state index in [4.69, 9.17) is 16.9 Å². The number of alkyl halides is 1. The number of methoxy groups -OCH3 is 1. The number of benzene rings is 1. The first kappa shape index (κ1) is 12.2. The Morgan fingerprint density at radius 2 is 2.19 bits per heavy atom. The fourth-order valence-electron chi connectivity index (χ4n) is 1.12. The van der Waals surface area contributed by atoms with Gasteiger partial charge < -0.3 is 4.74 Å². The number of halogens is 1. The molecule has 0 aromatic heterocycles. The minimum absolute atomic E-state index is 0.376. The van der Waals surface area contributed by atoms with Gasteiger partial charge in [-0.25, -0.2) is 4.79 Å². The van der Waals surface area contributed by atoms with Gasteiger partial charge in [-0.15, -0.1) is 11.6 Å². The number of carbonyl (C=O) groups is 2. The summed E-state index contributed by atoms with van der Waals surface area (Å²) >= 11 is 5.80. The zero-order chi connectivity index (χ0) is 12.1. The summed E-state index contributed by atoms with van der Waals surface area (Å²) in [5.74, 6) is -1.85. The second-order valence-corrected chi connectivity index (χ2v) is 3.39. The van der Waals surface area contributed by atoms with Crippen molar-refractivity contribution < 1.29 is 14.3 Å². The van der Waals surface area contributed by atoms with Crippen molar-refractivity contribution in [3.8, 4) is 6.07 Å². The third-order valence-electron chi connectivity index (χ3n) is 1.93. The van der Waals surface area contributed by atoms with Crippen molar-refractivity contribution in [3.05, 3.63) is 35.4 Å². The van der Waals surface area contributed by atoms with E-state index in [1.54, 1.807) is 18.2 Å². The van der Waals surface area contributed by atoms with E-state index in [1.807, 2.05) is 6.07 Å². The molecule has 1 aromatic rings. The SMILES string of the molecule is COC(=O)C(=O)C(Cl)c1cccc(C#N)c1. The summed E-state index contributed by atoms with van der Waals surface area (Å²) in [5.41, 5.74) is 0.775. The Hall–Kier alpha value is -1.86. The number of hydrogen-bond donors (Lipinski definition) is 0. The fourth-order valence-corrected chi connectivity index (χ4v) is 1.35. The molecule has 0 amide bonds. The van der Waals surface area contributed by atoms with Gasteiger partial charge in [0.05, 0.1) is 18.7 Å². The molecule has 1 unspecified atom stereocenters. The van der Waals surface area contributed by atoms with Crippen LogP contribution in [0.25, 0.3) is 0 Å². The maximum Gasteiger partial charge on any atom is 0.376 e. The van der Waals surface area contributed by atoms with E-state index < -0.39 is 17.1 Å². The highest BCUT2D eigenvalue weighted by Gasteiger charge is 2.25. The van der Waals surface area contributed by atoms with Crippen molar-refractivity contribution in [3.63, 3.8) is 0 Å². The molecule has 4 nitrogen and oxygen atoms in total. The van der Waals surface area contributed by atoms with E-state index in [1.165, 1.54) is 6.07 Å². The van der Waals surface area contributed by atoms with Gasteiger partial charge in [0.1, 0.15) is 5.38 Å².